The first-order valence-corrected chi connectivity index (χ1v) is 11.0. The fourth-order valence-corrected chi connectivity index (χ4v) is 3.80. The van der Waals surface area contributed by atoms with E-state index in [1.807, 2.05) is 0 Å². The molecule has 8 nitrogen and oxygen atoms in total. The number of nitrogens with one attached hydrogen (secondary N) is 2. The highest BCUT2D eigenvalue weighted by Crippen LogP contribution is 2.31. The van der Waals surface area contributed by atoms with Gasteiger partial charge in [-0.15, -0.1) is 0 Å². The summed E-state index contributed by atoms with van der Waals surface area (Å²) in [5.74, 6) is -3.23. The predicted molar refractivity (Wildman–Crippen MR) is 118 cm³/mol. The third kappa shape index (κ3) is 5.76. The highest BCUT2D eigenvalue weighted by atomic mass is 19.4. The Balaban J connectivity index is 2.28. The van der Waals surface area contributed by atoms with Crippen LogP contribution in [0.3, 0.4) is 0 Å². The molecule has 2 unspecified atom stereocenters. The SMILES string of the molecule is CC(C)C(NC(=O)[C@@]1(C(=O)[C@@H](N)C(C)(C)C(=O)Oc2ccccc2)CCCN1)C(O)C(F)(F)F. The summed E-state index contributed by atoms with van der Waals surface area (Å²) in [5.41, 5.74) is 2.67. The Morgan fingerprint density at radius 1 is 1.18 bits per heavy atom. The van der Waals surface area contributed by atoms with Crippen LogP contribution in [-0.4, -0.2) is 59.2 Å². The Kier molecular flexibility index (Phi) is 8.49. The fraction of sp³-hybridized carbons (Fsp3) is 0.609. The van der Waals surface area contributed by atoms with E-state index in [1.54, 1.807) is 30.3 Å². The zero-order valence-electron chi connectivity index (χ0n) is 19.6. The Morgan fingerprint density at radius 2 is 1.76 bits per heavy atom. The Morgan fingerprint density at radius 3 is 2.24 bits per heavy atom. The van der Waals surface area contributed by atoms with E-state index in [0.29, 0.717) is 6.42 Å². The molecule has 2 rings (SSSR count). The van der Waals surface area contributed by atoms with Gasteiger partial charge in [0, 0.05) is 0 Å². The molecule has 0 aromatic heterocycles. The molecule has 0 saturated carbocycles. The zero-order valence-corrected chi connectivity index (χ0v) is 19.6. The molecule has 1 amide bonds. The van der Waals surface area contributed by atoms with Crippen molar-refractivity contribution in [3.8, 4) is 5.75 Å². The second kappa shape index (κ2) is 10.4. The largest absolute Gasteiger partial charge is 0.426 e. The number of carbonyl (C=O) groups is 3. The summed E-state index contributed by atoms with van der Waals surface area (Å²) in [7, 11) is 0. The summed E-state index contributed by atoms with van der Waals surface area (Å²) in [6, 6.07) is 4.94. The van der Waals surface area contributed by atoms with E-state index in [2.05, 4.69) is 10.6 Å². The number of hydrogen-bond acceptors (Lipinski definition) is 7. The highest BCUT2D eigenvalue weighted by molar-refractivity contribution is 6.14. The number of aliphatic hydroxyl groups is 1. The van der Waals surface area contributed by atoms with Crippen LogP contribution in [0.15, 0.2) is 30.3 Å². The minimum Gasteiger partial charge on any atom is -0.426 e. The van der Waals surface area contributed by atoms with E-state index in [1.165, 1.54) is 27.7 Å². The molecule has 1 aliphatic heterocycles. The van der Waals surface area contributed by atoms with Crippen molar-refractivity contribution in [3.63, 3.8) is 0 Å². The number of alkyl halides is 3. The number of nitrogens with two attached hydrogens (primary N) is 1. The minimum absolute atomic E-state index is 0.0257. The molecule has 1 fully saturated rings. The van der Waals surface area contributed by atoms with Crippen LogP contribution in [0.2, 0.25) is 0 Å². The van der Waals surface area contributed by atoms with Crippen LogP contribution in [0, 0.1) is 11.3 Å². The van der Waals surface area contributed by atoms with Crippen molar-refractivity contribution >= 4 is 17.7 Å². The first-order chi connectivity index (χ1) is 15.6. The van der Waals surface area contributed by atoms with Crippen LogP contribution in [-0.2, 0) is 14.4 Å². The van der Waals surface area contributed by atoms with E-state index >= 15 is 0 Å². The van der Waals surface area contributed by atoms with Crippen molar-refractivity contribution < 1.29 is 37.4 Å². The second-order valence-electron chi connectivity index (χ2n) is 9.43. The van der Waals surface area contributed by atoms with Crippen LogP contribution >= 0.6 is 0 Å². The lowest BCUT2D eigenvalue weighted by molar-refractivity contribution is -0.215. The van der Waals surface area contributed by atoms with Crippen LogP contribution < -0.4 is 21.1 Å². The molecule has 0 radical (unpaired) electrons. The number of ketones is 1. The summed E-state index contributed by atoms with van der Waals surface area (Å²) in [6.45, 7) is 5.85. The van der Waals surface area contributed by atoms with Crippen LogP contribution in [0.25, 0.3) is 0 Å². The number of esters is 1. The van der Waals surface area contributed by atoms with Crippen molar-refractivity contribution in [3.05, 3.63) is 30.3 Å². The molecule has 190 valence electrons. The molecule has 34 heavy (non-hydrogen) atoms. The number of ether oxygens (including phenoxy) is 1. The van der Waals surface area contributed by atoms with Gasteiger partial charge in [-0.25, -0.2) is 0 Å². The van der Waals surface area contributed by atoms with Crippen LogP contribution in [0.5, 0.6) is 5.75 Å². The van der Waals surface area contributed by atoms with Gasteiger partial charge in [-0.2, -0.15) is 13.2 Å². The molecule has 1 saturated heterocycles. The summed E-state index contributed by atoms with van der Waals surface area (Å²) < 4.78 is 44.7. The van der Waals surface area contributed by atoms with Gasteiger partial charge in [0.2, 0.25) is 5.91 Å². The van der Waals surface area contributed by atoms with Crippen LogP contribution in [0.1, 0.15) is 40.5 Å². The lowest BCUT2D eigenvalue weighted by Crippen LogP contribution is -2.68. The number of aliphatic hydroxyl groups excluding tert-OH is 1. The van der Waals surface area contributed by atoms with Gasteiger partial charge in [0.1, 0.15) is 5.75 Å². The minimum atomic E-state index is -4.97. The topological polar surface area (TPSA) is 131 Å². The van der Waals surface area contributed by atoms with E-state index in [-0.39, 0.29) is 18.7 Å². The maximum absolute atomic E-state index is 13.5. The van der Waals surface area contributed by atoms with Crippen molar-refractivity contribution in [2.45, 2.75) is 70.4 Å². The lowest BCUT2D eigenvalue weighted by atomic mass is 9.75. The van der Waals surface area contributed by atoms with Crippen molar-refractivity contribution in [1.29, 1.82) is 0 Å². The van der Waals surface area contributed by atoms with E-state index < -0.39 is 58.9 Å². The van der Waals surface area contributed by atoms with Gasteiger partial charge in [0.25, 0.3) is 0 Å². The molecule has 1 aromatic carbocycles. The third-order valence-electron chi connectivity index (χ3n) is 6.19. The first-order valence-electron chi connectivity index (χ1n) is 11.0. The predicted octanol–water partition coefficient (Wildman–Crippen LogP) is 1.70. The van der Waals surface area contributed by atoms with Gasteiger partial charge in [0.05, 0.1) is 17.5 Å². The summed E-state index contributed by atoms with van der Waals surface area (Å²) >= 11 is 0. The molecular weight excluding hydrogens is 455 g/mol. The molecular formula is C23H32F3N3O5. The van der Waals surface area contributed by atoms with Gasteiger partial charge in [-0.3, -0.25) is 19.7 Å². The second-order valence-corrected chi connectivity index (χ2v) is 9.43. The number of benzene rings is 1. The fourth-order valence-electron chi connectivity index (χ4n) is 3.80. The average Bonchev–Trinajstić information content (AvgIpc) is 3.26. The number of rotatable bonds is 9. The Hall–Kier alpha value is -2.50. The van der Waals surface area contributed by atoms with Crippen molar-refractivity contribution in [2.75, 3.05) is 6.54 Å². The Labute approximate surface area is 196 Å². The Bertz CT molecular complexity index is 884. The number of halogens is 3. The molecule has 0 bridgehead atoms. The highest BCUT2D eigenvalue weighted by Gasteiger charge is 2.55. The number of hydrogen-bond donors (Lipinski definition) is 4. The van der Waals surface area contributed by atoms with Gasteiger partial charge in [0.15, 0.2) is 17.4 Å². The molecule has 0 aliphatic carbocycles. The first kappa shape index (κ1) is 27.7. The lowest BCUT2D eigenvalue weighted by Gasteiger charge is -2.37. The molecule has 1 heterocycles. The normalized spacial score (nSPS) is 21.6. The van der Waals surface area contributed by atoms with E-state index in [4.69, 9.17) is 10.5 Å². The number of amides is 1. The van der Waals surface area contributed by atoms with Gasteiger partial charge >= 0.3 is 12.1 Å². The van der Waals surface area contributed by atoms with Gasteiger partial charge < -0.3 is 20.9 Å². The molecule has 0 spiro atoms. The smallest absolute Gasteiger partial charge is 0.416 e. The number of Topliss-reactive ketones (excluding diaryl/α,β-unsaturated/α-hetero) is 1. The average molecular weight is 488 g/mol. The molecule has 4 atom stereocenters. The number of carbonyl (C=O) groups excluding carboxylic acids is 3. The number of para-hydroxylation sites is 1. The molecule has 11 heteroatoms. The quantitative estimate of drug-likeness (QED) is 0.237. The molecule has 5 N–H and O–H groups in total. The zero-order chi connectivity index (χ0) is 25.9. The summed E-state index contributed by atoms with van der Waals surface area (Å²) in [5, 5.41) is 14.7. The van der Waals surface area contributed by atoms with E-state index in [0.717, 1.165) is 0 Å². The third-order valence-corrected chi connectivity index (χ3v) is 6.19. The van der Waals surface area contributed by atoms with Gasteiger partial charge in [-0.05, 0) is 51.3 Å². The monoisotopic (exact) mass is 487 g/mol. The van der Waals surface area contributed by atoms with Crippen molar-refractivity contribution in [2.24, 2.45) is 17.1 Å². The maximum Gasteiger partial charge on any atom is 0.416 e. The van der Waals surface area contributed by atoms with Gasteiger partial charge in [-0.1, -0.05) is 32.0 Å². The standard InChI is InChI=1S/C23H32F3N3O5/c1-13(2)15(17(30)23(24,25)26)29-19(32)22(11-8-12-28-22)18(31)16(27)21(3,4)20(33)34-14-9-6-5-7-10-14/h5-7,9-10,13,15-17,28,30H,8,11-12,27H2,1-4H3,(H,29,32)/t15?,16-,17?,22+/m1/s1. The molecule has 1 aliphatic rings. The van der Waals surface area contributed by atoms with Crippen molar-refractivity contribution in [1.82, 2.24) is 10.6 Å². The molecule has 1 aromatic rings. The summed E-state index contributed by atoms with van der Waals surface area (Å²) in [6.07, 6.45) is -7.44. The summed E-state index contributed by atoms with van der Waals surface area (Å²) in [4.78, 5) is 39.5. The van der Waals surface area contributed by atoms with Crippen LogP contribution in [0.4, 0.5) is 13.2 Å². The maximum atomic E-state index is 13.5. The van der Waals surface area contributed by atoms with E-state index in [9.17, 15) is 32.7 Å².